The second-order valence-electron chi connectivity index (χ2n) is 4.45. The number of amides is 2. The monoisotopic (exact) mass is 284 g/mol. The van der Waals surface area contributed by atoms with Crippen LogP contribution in [0.1, 0.15) is 5.56 Å². The molecule has 2 heterocycles. The van der Waals surface area contributed by atoms with Crippen LogP contribution in [0, 0.1) is 0 Å². The summed E-state index contributed by atoms with van der Waals surface area (Å²) in [5.74, 6) is 0.358. The first-order valence-corrected chi connectivity index (χ1v) is 6.34. The van der Waals surface area contributed by atoms with Gasteiger partial charge in [0.2, 0.25) is 11.9 Å². The van der Waals surface area contributed by atoms with E-state index in [4.69, 9.17) is 4.74 Å². The molecule has 2 amide bonds. The van der Waals surface area contributed by atoms with Crippen LogP contribution >= 0.6 is 0 Å². The molecule has 1 aliphatic heterocycles. The van der Waals surface area contributed by atoms with Crippen LogP contribution in [-0.4, -0.2) is 33.4 Å². The van der Waals surface area contributed by atoms with Crippen molar-refractivity contribution in [2.45, 2.75) is 6.54 Å². The lowest BCUT2D eigenvalue weighted by molar-refractivity contribution is -0.117. The molecule has 1 N–H and O–H groups in total. The van der Waals surface area contributed by atoms with E-state index in [0.717, 1.165) is 5.56 Å². The predicted octanol–water partition coefficient (Wildman–Crippen LogP) is 1.43. The van der Waals surface area contributed by atoms with Crippen LogP contribution in [0.2, 0.25) is 0 Å². The Morgan fingerprint density at radius 1 is 1.24 bits per heavy atom. The number of nitrogens with zero attached hydrogens (tertiary/aromatic N) is 3. The van der Waals surface area contributed by atoms with Gasteiger partial charge in [-0.05, 0) is 12.1 Å². The van der Waals surface area contributed by atoms with Crippen molar-refractivity contribution in [3.05, 3.63) is 48.3 Å². The number of hydrogen-bond donors (Lipinski definition) is 1. The average Bonchev–Trinajstić information content (AvgIpc) is 2.49. The van der Waals surface area contributed by atoms with E-state index in [0.29, 0.717) is 12.3 Å². The highest BCUT2D eigenvalue weighted by atomic mass is 16.6. The molecule has 21 heavy (non-hydrogen) atoms. The molecule has 7 nitrogen and oxygen atoms in total. The van der Waals surface area contributed by atoms with Crippen LogP contribution in [0.15, 0.2) is 42.7 Å². The highest BCUT2D eigenvalue weighted by Gasteiger charge is 2.26. The van der Waals surface area contributed by atoms with Crippen LogP contribution in [0.25, 0.3) is 0 Å². The number of fused-ring (bicyclic) bond motifs is 1. The molecule has 0 fully saturated rings. The Morgan fingerprint density at radius 2 is 2.00 bits per heavy atom. The van der Waals surface area contributed by atoms with Gasteiger partial charge in [0.25, 0.3) is 0 Å². The molecule has 0 radical (unpaired) electrons. The number of carbonyl (C=O) groups is 2. The van der Waals surface area contributed by atoms with Gasteiger partial charge in [-0.15, -0.1) is 0 Å². The molecule has 106 valence electrons. The summed E-state index contributed by atoms with van der Waals surface area (Å²) in [6.07, 6.45) is 2.50. The van der Waals surface area contributed by atoms with E-state index in [9.17, 15) is 9.59 Å². The molecule has 3 rings (SSSR count). The van der Waals surface area contributed by atoms with Crippen LogP contribution in [0.4, 0.5) is 10.7 Å². The summed E-state index contributed by atoms with van der Waals surface area (Å²) in [4.78, 5) is 32.8. The van der Waals surface area contributed by atoms with Crippen molar-refractivity contribution in [1.82, 2.24) is 14.9 Å². The fourth-order valence-electron chi connectivity index (χ4n) is 1.98. The molecule has 1 aromatic carbocycles. The molecule has 0 atom stereocenters. The van der Waals surface area contributed by atoms with Crippen molar-refractivity contribution in [1.29, 1.82) is 0 Å². The molecule has 7 heteroatoms. The third-order valence-electron chi connectivity index (χ3n) is 2.94. The van der Waals surface area contributed by atoms with Gasteiger partial charge in [-0.2, -0.15) is 0 Å². The Morgan fingerprint density at radius 3 is 2.81 bits per heavy atom. The van der Waals surface area contributed by atoms with Gasteiger partial charge < -0.3 is 4.74 Å². The number of anilines is 1. The molecule has 1 aliphatic rings. The van der Waals surface area contributed by atoms with Crippen LogP contribution in [-0.2, 0) is 11.3 Å². The number of ether oxygens (including phenoxy) is 1. The van der Waals surface area contributed by atoms with E-state index < -0.39 is 6.09 Å². The molecular weight excluding hydrogens is 272 g/mol. The van der Waals surface area contributed by atoms with Crippen molar-refractivity contribution in [2.24, 2.45) is 0 Å². The van der Waals surface area contributed by atoms with Crippen molar-refractivity contribution < 1.29 is 14.3 Å². The zero-order valence-corrected chi connectivity index (χ0v) is 11.0. The van der Waals surface area contributed by atoms with E-state index in [1.807, 2.05) is 12.1 Å². The van der Waals surface area contributed by atoms with Crippen molar-refractivity contribution in [3.8, 4) is 5.75 Å². The Balaban J connectivity index is 1.65. The molecule has 2 aromatic rings. The van der Waals surface area contributed by atoms with E-state index in [1.54, 1.807) is 18.2 Å². The normalized spacial score (nSPS) is 13.3. The van der Waals surface area contributed by atoms with Crippen molar-refractivity contribution >= 4 is 17.9 Å². The molecule has 1 aromatic heterocycles. The lowest BCUT2D eigenvalue weighted by Crippen LogP contribution is -2.41. The van der Waals surface area contributed by atoms with Gasteiger partial charge >= 0.3 is 6.09 Å². The molecule has 0 saturated heterocycles. The lowest BCUT2D eigenvalue weighted by Gasteiger charge is -2.27. The molecular formula is C14H12N4O3. The zero-order valence-electron chi connectivity index (χ0n) is 11.0. The van der Waals surface area contributed by atoms with Gasteiger partial charge in [0.1, 0.15) is 12.3 Å². The van der Waals surface area contributed by atoms with Crippen molar-refractivity contribution in [2.75, 3.05) is 11.9 Å². The van der Waals surface area contributed by atoms with Crippen molar-refractivity contribution in [3.63, 3.8) is 0 Å². The zero-order chi connectivity index (χ0) is 14.7. The van der Waals surface area contributed by atoms with Crippen LogP contribution in [0.3, 0.4) is 0 Å². The van der Waals surface area contributed by atoms with Gasteiger partial charge in [-0.1, -0.05) is 18.2 Å². The Kier molecular flexibility index (Phi) is 3.46. The summed E-state index contributed by atoms with van der Waals surface area (Å²) in [5.41, 5.74) is 0.862. The summed E-state index contributed by atoms with van der Waals surface area (Å²) >= 11 is 0. The van der Waals surface area contributed by atoms with Gasteiger partial charge in [0.05, 0.1) is 6.54 Å². The SMILES string of the molecule is O=C(CN1Cc2ccccc2OC1=O)Nc1ncccn1. The summed E-state index contributed by atoms with van der Waals surface area (Å²) < 4.78 is 5.17. The number of aromatic nitrogens is 2. The van der Waals surface area contributed by atoms with Crippen LogP contribution < -0.4 is 10.1 Å². The number of para-hydroxylation sites is 1. The summed E-state index contributed by atoms with van der Waals surface area (Å²) in [5, 5.41) is 2.52. The quantitative estimate of drug-likeness (QED) is 0.921. The molecule has 0 bridgehead atoms. The van der Waals surface area contributed by atoms with Crippen LogP contribution in [0.5, 0.6) is 5.75 Å². The fourth-order valence-corrected chi connectivity index (χ4v) is 1.98. The first-order chi connectivity index (χ1) is 10.2. The lowest BCUT2D eigenvalue weighted by atomic mass is 10.1. The first-order valence-electron chi connectivity index (χ1n) is 6.34. The molecule has 0 saturated carbocycles. The summed E-state index contributed by atoms with van der Waals surface area (Å²) in [6.45, 7) is 0.212. The maximum absolute atomic E-state index is 11.9. The Bertz CT molecular complexity index is 675. The minimum atomic E-state index is -0.544. The second kappa shape index (κ2) is 5.58. The Hall–Kier alpha value is -2.96. The minimum absolute atomic E-state index is 0.120. The van der Waals surface area contributed by atoms with E-state index >= 15 is 0 Å². The second-order valence-corrected chi connectivity index (χ2v) is 4.45. The number of benzene rings is 1. The highest BCUT2D eigenvalue weighted by Crippen LogP contribution is 2.25. The van der Waals surface area contributed by atoms with Gasteiger partial charge in [-0.25, -0.2) is 14.8 Å². The van der Waals surface area contributed by atoms with Gasteiger partial charge in [-0.3, -0.25) is 15.0 Å². The number of nitrogens with one attached hydrogen (secondary N) is 1. The third kappa shape index (κ3) is 2.97. The Labute approximate surface area is 120 Å². The molecule has 0 unspecified atom stereocenters. The topological polar surface area (TPSA) is 84.4 Å². The minimum Gasteiger partial charge on any atom is -0.410 e. The molecule has 0 spiro atoms. The van der Waals surface area contributed by atoms with Gasteiger partial charge in [0, 0.05) is 18.0 Å². The number of carbonyl (C=O) groups excluding carboxylic acids is 2. The number of rotatable bonds is 3. The largest absolute Gasteiger partial charge is 0.416 e. The standard InChI is InChI=1S/C14H12N4O3/c19-12(17-13-15-6-3-7-16-13)9-18-8-10-4-1-2-5-11(10)21-14(18)20/h1-7H,8-9H2,(H,15,16,17,19). The first kappa shape index (κ1) is 13.0. The smallest absolute Gasteiger partial charge is 0.410 e. The maximum Gasteiger partial charge on any atom is 0.416 e. The third-order valence-corrected chi connectivity index (χ3v) is 2.94. The predicted molar refractivity (Wildman–Crippen MR) is 73.5 cm³/mol. The van der Waals surface area contributed by atoms with E-state index in [1.165, 1.54) is 17.3 Å². The average molecular weight is 284 g/mol. The number of hydrogen-bond acceptors (Lipinski definition) is 5. The highest BCUT2D eigenvalue weighted by molar-refractivity contribution is 5.92. The molecule has 0 aliphatic carbocycles. The van der Waals surface area contributed by atoms with E-state index in [2.05, 4.69) is 15.3 Å². The summed E-state index contributed by atoms with van der Waals surface area (Å²) in [7, 11) is 0. The van der Waals surface area contributed by atoms with E-state index in [-0.39, 0.29) is 18.4 Å². The maximum atomic E-state index is 11.9. The summed E-state index contributed by atoms with van der Waals surface area (Å²) in [6, 6.07) is 8.87. The fraction of sp³-hybridized carbons (Fsp3) is 0.143. The van der Waals surface area contributed by atoms with Gasteiger partial charge in [0.15, 0.2) is 0 Å².